The second-order valence-electron chi connectivity index (χ2n) is 9.47. The van der Waals surface area contributed by atoms with Gasteiger partial charge in [0.2, 0.25) is 5.91 Å². The number of nitrogens with one attached hydrogen (secondary N) is 1. The van der Waals surface area contributed by atoms with Gasteiger partial charge in [-0.25, -0.2) is 9.37 Å². The smallest absolute Gasteiger partial charge is 0.378 e. The first kappa shape index (κ1) is 26.1. The molecule has 1 saturated heterocycles. The molecule has 10 nitrogen and oxygen atoms in total. The van der Waals surface area contributed by atoms with Crippen LogP contribution in [0.25, 0.3) is 22.5 Å². The minimum absolute atomic E-state index is 0.1000. The summed E-state index contributed by atoms with van der Waals surface area (Å²) in [5.41, 5.74) is 1.16. The van der Waals surface area contributed by atoms with Crippen LogP contribution in [0, 0.1) is 5.82 Å². The zero-order chi connectivity index (χ0) is 28.2. The summed E-state index contributed by atoms with van der Waals surface area (Å²) in [6.45, 7) is 0. The minimum atomic E-state index is -4.86. The van der Waals surface area contributed by atoms with E-state index in [0.29, 0.717) is 47.6 Å². The summed E-state index contributed by atoms with van der Waals surface area (Å²) in [7, 11) is 0. The van der Waals surface area contributed by atoms with E-state index < -0.39 is 29.8 Å². The van der Waals surface area contributed by atoms with Gasteiger partial charge >= 0.3 is 6.18 Å². The molecule has 3 aromatic heterocycles. The quantitative estimate of drug-likeness (QED) is 0.339. The molecule has 15 heteroatoms. The fourth-order valence-corrected chi connectivity index (χ4v) is 5.45. The van der Waals surface area contributed by atoms with Crippen LogP contribution in [0.4, 0.5) is 17.6 Å². The van der Waals surface area contributed by atoms with Crippen LogP contribution in [0.2, 0.25) is 5.02 Å². The normalized spacial score (nSPS) is 20.0. The Morgan fingerprint density at radius 1 is 1.18 bits per heavy atom. The summed E-state index contributed by atoms with van der Waals surface area (Å²) >= 11 is 6.08. The number of benzene rings is 1. The number of aromatic amines is 1. The Labute approximate surface area is 228 Å². The molecule has 0 spiro atoms. The molecule has 2 aliphatic rings. The lowest BCUT2D eigenvalue weighted by molar-refractivity contribution is -0.207. The Morgan fingerprint density at radius 2 is 2.00 bits per heavy atom. The third kappa shape index (κ3) is 4.52. The van der Waals surface area contributed by atoms with Crippen LogP contribution in [0.3, 0.4) is 0 Å². The van der Waals surface area contributed by atoms with Crippen LogP contribution < -0.4 is 0 Å². The first-order valence-electron chi connectivity index (χ1n) is 12.1. The zero-order valence-corrected chi connectivity index (χ0v) is 21.1. The molecule has 0 bridgehead atoms. The molecule has 0 aliphatic carbocycles. The van der Waals surface area contributed by atoms with Gasteiger partial charge in [0, 0.05) is 29.4 Å². The fourth-order valence-electron chi connectivity index (χ4n) is 5.29. The number of hydrogen-bond acceptors (Lipinski definition) is 7. The first-order chi connectivity index (χ1) is 19.1. The SMILES string of the molecule is O=C1C=C(c2c(-n3cnnn3)ccc(Cl)c2F)CC2CCC(c3ncc(-c4ccnc([C@@H](O)C(F)(F)F)c4)[nH]3)N12. The van der Waals surface area contributed by atoms with Gasteiger partial charge in [-0.15, -0.1) is 5.10 Å². The van der Waals surface area contributed by atoms with Crippen molar-refractivity contribution in [1.29, 1.82) is 0 Å². The average Bonchev–Trinajstić information content (AvgIpc) is 3.70. The van der Waals surface area contributed by atoms with Crippen molar-refractivity contribution in [1.82, 2.24) is 40.1 Å². The number of hydrogen-bond donors (Lipinski definition) is 2. The number of halogens is 5. The highest BCUT2D eigenvalue weighted by atomic mass is 35.5. The number of pyridine rings is 1. The van der Waals surface area contributed by atoms with Crippen molar-refractivity contribution in [2.75, 3.05) is 0 Å². The Bertz CT molecular complexity index is 1620. The Morgan fingerprint density at radius 3 is 2.75 bits per heavy atom. The largest absolute Gasteiger partial charge is 0.420 e. The van der Waals surface area contributed by atoms with E-state index in [9.17, 15) is 23.1 Å². The molecule has 2 N–H and O–H groups in total. The van der Waals surface area contributed by atoms with E-state index in [1.54, 1.807) is 11.0 Å². The molecule has 206 valence electrons. The number of tetrazole rings is 1. The lowest BCUT2D eigenvalue weighted by Crippen LogP contribution is -2.39. The zero-order valence-electron chi connectivity index (χ0n) is 20.3. The topological polar surface area (TPSA) is 126 Å². The number of carbonyl (C=O) groups is 1. The fraction of sp³-hybridized carbons (Fsp3) is 0.280. The Balaban J connectivity index is 1.29. The first-order valence-corrected chi connectivity index (χ1v) is 12.5. The predicted octanol–water partition coefficient (Wildman–Crippen LogP) is 4.36. The van der Waals surface area contributed by atoms with Crippen molar-refractivity contribution in [3.63, 3.8) is 0 Å². The number of nitrogens with zero attached hydrogens (tertiary/aromatic N) is 7. The van der Waals surface area contributed by atoms with E-state index in [4.69, 9.17) is 11.6 Å². The summed E-state index contributed by atoms with van der Waals surface area (Å²) in [6.07, 6.45) is -0.726. The number of fused-ring (bicyclic) bond motifs is 1. The van der Waals surface area contributed by atoms with Crippen LogP contribution in [0.5, 0.6) is 0 Å². The molecule has 0 saturated carbocycles. The maximum Gasteiger partial charge on any atom is 0.420 e. The van der Waals surface area contributed by atoms with E-state index in [-0.39, 0.29) is 22.5 Å². The maximum atomic E-state index is 15.3. The van der Waals surface area contributed by atoms with Gasteiger partial charge in [0.05, 0.1) is 34.3 Å². The van der Waals surface area contributed by atoms with Gasteiger partial charge in [0.25, 0.3) is 0 Å². The van der Waals surface area contributed by atoms with Gasteiger partial charge in [0.1, 0.15) is 12.2 Å². The summed E-state index contributed by atoms with van der Waals surface area (Å²) in [6, 6.07) is 4.93. The van der Waals surface area contributed by atoms with E-state index in [1.165, 1.54) is 41.6 Å². The molecule has 5 heterocycles. The van der Waals surface area contributed by atoms with Gasteiger partial charge in [-0.2, -0.15) is 17.9 Å². The summed E-state index contributed by atoms with van der Waals surface area (Å²) < 4.78 is 55.4. The van der Waals surface area contributed by atoms with Gasteiger partial charge in [0.15, 0.2) is 11.9 Å². The number of H-pyrrole nitrogens is 1. The molecule has 2 aliphatic heterocycles. The molecule has 1 aromatic carbocycles. The lowest BCUT2D eigenvalue weighted by atomic mass is 9.92. The average molecular weight is 575 g/mol. The number of alkyl halides is 3. The highest BCUT2D eigenvalue weighted by Crippen LogP contribution is 2.44. The maximum absolute atomic E-state index is 15.3. The van der Waals surface area contributed by atoms with Crippen molar-refractivity contribution in [2.45, 2.75) is 43.6 Å². The third-order valence-corrected chi connectivity index (χ3v) is 7.39. The Kier molecular flexibility index (Phi) is 6.38. The Hall–Kier alpha value is -4.17. The van der Waals surface area contributed by atoms with Crippen molar-refractivity contribution < 1.29 is 27.5 Å². The number of amides is 1. The number of rotatable bonds is 5. The van der Waals surface area contributed by atoms with Crippen molar-refractivity contribution in [3.05, 3.63) is 77.0 Å². The van der Waals surface area contributed by atoms with Crippen LogP contribution >= 0.6 is 11.6 Å². The number of imidazole rings is 1. The van der Waals surface area contributed by atoms with Crippen LogP contribution in [0.1, 0.15) is 48.5 Å². The monoisotopic (exact) mass is 574 g/mol. The molecule has 0 radical (unpaired) electrons. The number of carbonyl (C=O) groups excluding carboxylic acids is 1. The number of aliphatic hydroxyl groups is 1. The highest BCUT2D eigenvalue weighted by molar-refractivity contribution is 6.31. The predicted molar refractivity (Wildman–Crippen MR) is 132 cm³/mol. The molecular formula is C25H19ClF4N8O2. The number of aliphatic hydroxyl groups excluding tert-OH is 1. The standard InChI is InChI=1S/C25H19ClF4N8O2/c26-15-2-4-18(37-11-33-35-36-37)21(22(15)27)13-7-14-1-3-19(38(14)20(39)9-13)24-32-10-17(34-24)12-5-6-31-16(8-12)23(40)25(28,29)30/h2,4-6,8-11,14,19,23,40H,1,3,7H2,(H,32,34)/t14?,19?,23-/m1/s1. The molecule has 1 amide bonds. The highest BCUT2D eigenvalue weighted by Gasteiger charge is 2.43. The van der Waals surface area contributed by atoms with Gasteiger partial charge in [-0.1, -0.05) is 11.6 Å². The van der Waals surface area contributed by atoms with Crippen LogP contribution in [-0.4, -0.2) is 63.3 Å². The summed E-state index contributed by atoms with van der Waals surface area (Å²) in [4.78, 5) is 26.2. The molecular weight excluding hydrogens is 556 g/mol. The van der Waals surface area contributed by atoms with E-state index in [1.807, 2.05) is 0 Å². The minimum Gasteiger partial charge on any atom is -0.378 e. The second kappa shape index (κ2) is 9.78. The number of aromatic nitrogens is 7. The molecule has 3 atom stereocenters. The van der Waals surface area contributed by atoms with E-state index in [2.05, 4.69) is 30.5 Å². The summed E-state index contributed by atoms with van der Waals surface area (Å²) in [5.74, 6) is -0.561. The second-order valence-corrected chi connectivity index (χ2v) is 9.88. The third-order valence-electron chi connectivity index (χ3n) is 7.09. The molecule has 2 unspecified atom stereocenters. The van der Waals surface area contributed by atoms with Crippen molar-refractivity contribution in [2.24, 2.45) is 0 Å². The lowest BCUT2D eigenvalue weighted by Gasteiger charge is -2.33. The molecule has 40 heavy (non-hydrogen) atoms. The van der Waals surface area contributed by atoms with Crippen molar-refractivity contribution in [3.8, 4) is 16.9 Å². The van der Waals surface area contributed by atoms with Gasteiger partial charge < -0.3 is 15.0 Å². The molecule has 1 fully saturated rings. The summed E-state index contributed by atoms with van der Waals surface area (Å²) in [5, 5.41) is 20.5. The van der Waals surface area contributed by atoms with E-state index in [0.717, 1.165) is 6.07 Å². The van der Waals surface area contributed by atoms with E-state index >= 15 is 4.39 Å². The van der Waals surface area contributed by atoms with Crippen LogP contribution in [0.15, 0.2) is 49.1 Å². The van der Waals surface area contributed by atoms with Crippen LogP contribution in [-0.2, 0) is 4.79 Å². The van der Waals surface area contributed by atoms with Gasteiger partial charge in [-0.3, -0.25) is 9.78 Å². The molecule has 6 rings (SSSR count). The molecule has 4 aromatic rings. The van der Waals surface area contributed by atoms with Gasteiger partial charge in [-0.05, 0) is 59.5 Å². The van der Waals surface area contributed by atoms with Crippen molar-refractivity contribution >= 4 is 23.1 Å².